The fourth-order valence-corrected chi connectivity index (χ4v) is 2.63. The maximum absolute atomic E-state index is 12.7. The lowest BCUT2D eigenvalue weighted by atomic mass is 10.1. The Labute approximate surface area is 128 Å². The average molecular weight is 322 g/mol. The Kier molecular flexibility index (Phi) is 3.62. The van der Waals surface area contributed by atoms with Crippen molar-refractivity contribution in [2.45, 2.75) is 6.18 Å². The molecule has 0 unspecified atom stereocenters. The van der Waals surface area contributed by atoms with Crippen molar-refractivity contribution < 1.29 is 22.7 Å². The minimum Gasteiger partial charge on any atom is -0.422 e. The second-order valence-corrected chi connectivity index (χ2v) is 5.41. The van der Waals surface area contributed by atoms with E-state index in [0.29, 0.717) is 5.57 Å². The predicted molar refractivity (Wildman–Crippen MR) is 77.8 cm³/mol. The minimum absolute atomic E-state index is 0.123. The van der Waals surface area contributed by atoms with E-state index >= 15 is 0 Å². The van der Waals surface area contributed by atoms with Crippen molar-refractivity contribution in [3.63, 3.8) is 0 Å². The molecule has 1 aliphatic heterocycles. The smallest absolute Gasteiger partial charge is 0.416 e. The Balaban J connectivity index is 1.95. The van der Waals surface area contributed by atoms with Crippen molar-refractivity contribution in [2.24, 2.45) is 0 Å². The third-order valence-electron chi connectivity index (χ3n) is 3.06. The molecule has 1 aromatic carbocycles. The van der Waals surface area contributed by atoms with Gasteiger partial charge in [-0.05, 0) is 46.7 Å². The van der Waals surface area contributed by atoms with Crippen LogP contribution in [0.4, 0.5) is 13.2 Å². The molecule has 2 aromatic rings. The van der Waals surface area contributed by atoms with Gasteiger partial charge in [0.1, 0.15) is 5.76 Å². The van der Waals surface area contributed by atoms with E-state index in [-0.39, 0.29) is 11.3 Å². The van der Waals surface area contributed by atoms with Crippen LogP contribution in [0.15, 0.2) is 52.7 Å². The first-order valence-electron chi connectivity index (χ1n) is 6.29. The molecule has 6 heteroatoms. The highest BCUT2D eigenvalue weighted by Crippen LogP contribution is 2.33. The van der Waals surface area contributed by atoms with Crippen molar-refractivity contribution in [3.05, 3.63) is 69.4 Å². The normalized spacial score (nSPS) is 16.8. The Morgan fingerprint density at radius 2 is 2.00 bits per heavy atom. The van der Waals surface area contributed by atoms with Crippen LogP contribution >= 0.6 is 11.3 Å². The Morgan fingerprint density at radius 3 is 2.68 bits per heavy atom. The predicted octanol–water partition coefficient (Wildman–Crippen LogP) is 4.75. The van der Waals surface area contributed by atoms with Crippen LogP contribution in [-0.4, -0.2) is 5.97 Å². The van der Waals surface area contributed by atoms with Crippen molar-refractivity contribution >= 4 is 29.1 Å². The number of thiophene rings is 1. The summed E-state index contributed by atoms with van der Waals surface area (Å²) in [5, 5.41) is 3.72. The number of ether oxygens (including phenoxy) is 1. The van der Waals surface area contributed by atoms with Crippen LogP contribution in [-0.2, 0) is 15.7 Å². The van der Waals surface area contributed by atoms with E-state index in [1.54, 1.807) is 6.08 Å². The number of hydrogen-bond acceptors (Lipinski definition) is 3. The van der Waals surface area contributed by atoms with Gasteiger partial charge in [-0.1, -0.05) is 12.1 Å². The number of cyclic esters (lactones) is 1. The monoisotopic (exact) mass is 322 g/mol. The number of carbonyl (C=O) groups is 1. The fraction of sp³-hybridized carbons (Fsp3) is 0.0625. The molecule has 0 saturated carbocycles. The molecule has 2 heterocycles. The van der Waals surface area contributed by atoms with Crippen LogP contribution in [0.5, 0.6) is 0 Å². The number of carbonyl (C=O) groups excluding carboxylic acids is 1. The number of esters is 1. The first-order valence-corrected chi connectivity index (χ1v) is 7.23. The zero-order chi connectivity index (χ0) is 15.7. The van der Waals surface area contributed by atoms with Gasteiger partial charge in [0.15, 0.2) is 0 Å². The van der Waals surface area contributed by atoms with E-state index in [2.05, 4.69) is 0 Å². The highest BCUT2D eigenvalue weighted by atomic mass is 32.1. The third kappa shape index (κ3) is 2.96. The summed E-state index contributed by atoms with van der Waals surface area (Å²) in [6.07, 6.45) is -1.34. The highest BCUT2D eigenvalue weighted by Gasteiger charge is 2.31. The summed E-state index contributed by atoms with van der Waals surface area (Å²) in [6.45, 7) is 0. The van der Waals surface area contributed by atoms with Crippen LogP contribution in [0.25, 0.3) is 11.8 Å². The van der Waals surface area contributed by atoms with Crippen LogP contribution in [0, 0.1) is 0 Å². The molecule has 0 bridgehead atoms. The Bertz CT molecular complexity index is 771. The number of hydrogen-bond donors (Lipinski definition) is 0. The van der Waals surface area contributed by atoms with Crippen LogP contribution in [0.1, 0.15) is 16.7 Å². The molecule has 22 heavy (non-hydrogen) atoms. The zero-order valence-electron chi connectivity index (χ0n) is 11.1. The fourth-order valence-electron chi connectivity index (χ4n) is 2.02. The summed E-state index contributed by atoms with van der Waals surface area (Å²) >= 11 is 1.48. The van der Waals surface area contributed by atoms with Crippen molar-refractivity contribution in [2.75, 3.05) is 0 Å². The van der Waals surface area contributed by atoms with E-state index < -0.39 is 17.7 Å². The van der Waals surface area contributed by atoms with Gasteiger partial charge in [-0.3, -0.25) is 0 Å². The molecule has 0 saturated heterocycles. The van der Waals surface area contributed by atoms with Gasteiger partial charge in [-0.2, -0.15) is 24.5 Å². The standard InChI is InChI=1S/C16H9F3O2S/c17-16(18,19)13-3-1-2-11(7-13)14-8-12(15(20)21-14)6-10-4-5-22-9-10/h1-9H. The highest BCUT2D eigenvalue weighted by molar-refractivity contribution is 7.08. The molecule has 112 valence electrons. The molecule has 3 rings (SSSR count). The van der Waals surface area contributed by atoms with E-state index in [0.717, 1.165) is 17.7 Å². The second-order valence-electron chi connectivity index (χ2n) is 4.63. The van der Waals surface area contributed by atoms with Gasteiger partial charge in [0.05, 0.1) is 11.1 Å². The SMILES string of the molecule is O=C1OC(c2cccc(C(F)(F)F)c2)=CC1=Cc1ccsc1. The van der Waals surface area contributed by atoms with Gasteiger partial charge >= 0.3 is 12.1 Å². The maximum Gasteiger partial charge on any atom is 0.416 e. The molecule has 1 aromatic heterocycles. The van der Waals surface area contributed by atoms with Crippen LogP contribution < -0.4 is 0 Å². The summed E-state index contributed by atoms with van der Waals surface area (Å²) in [7, 11) is 0. The molecule has 2 nitrogen and oxygen atoms in total. The van der Waals surface area contributed by atoms with Crippen molar-refractivity contribution in [1.82, 2.24) is 0 Å². The lowest BCUT2D eigenvalue weighted by Crippen LogP contribution is -2.05. The number of alkyl halides is 3. The maximum atomic E-state index is 12.7. The molecule has 0 aliphatic carbocycles. The molecular formula is C16H9F3O2S. The number of benzene rings is 1. The van der Waals surface area contributed by atoms with Gasteiger partial charge in [0, 0.05) is 5.56 Å². The van der Waals surface area contributed by atoms with Gasteiger partial charge in [0.2, 0.25) is 0 Å². The molecule has 0 radical (unpaired) electrons. The molecule has 0 atom stereocenters. The first-order chi connectivity index (χ1) is 10.4. The van der Waals surface area contributed by atoms with E-state index in [1.807, 2.05) is 16.8 Å². The molecule has 0 amide bonds. The lowest BCUT2D eigenvalue weighted by molar-refractivity contribution is -0.137. The number of halogens is 3. The van der Waals surface area contributed by atoms with Gasteiger partial charge in [-0.25, -0.2) is 4.79 Å². The first kappa shape index (κ1) is 14.6. The van der Waals surface area contributed by atoms with Crippen LogP contribution in [0.3, 0.4) is 0 Å². The summed E-state index contributed by atoms with van der Waals surface area (Å²) < 4.78 is 43.2. The largest absolute Gasteiger partial charge is 0.422 e. The molecule has 0 fully saturated rings. The lowest BCUT2D eigenvalue weighted by Gasteiger charge is -2.08. The third-order valence-corrected chi connectivity index (χ3v) is 3.77. The second kappa shape index (κ2) is 5.46. The number of rotatable bonds is 2. The minimum atomic E-state index is -4.44. The summed E-state index contributed by atoms with van der Waals surface area (Å²) in [5.74, 6) is -0.448. The molecule has 0 spiro atoms. The summed E-state index contributed by atoms with van der Waals surface area (Å²) in [4.78, 5) is 11.8. The van der Waals surface area contributed by atoms with Crippen molar-refractivity contribution in [1.29, 1.82) is 0 Å². The Morgan fingerprint density at radius 1 is 1.18 bits per heavy atom. The van der Waals surface area contributed by atoms with Gasteiger partial charge in [0.25, 0.3) is 0 Å². The molecule has 1 aliphatic rings. The topological polar surface area (TPSA) is 26.3 Å². The van der Waals surface area contributed by atoms with E-state index in [1.165, 1.54) is 29.5 Å². The molecule has 0 N–H and O–H groups in total. The van der Waals surface area contributed by atoms with Crippen LogP contribution in [0.2, 0.25) is 0 Å². The van der Waals surface area contributed by atoms with Crippen molar-refractivity contribution in [3.8, 4) is 0 Å². The van der Waals surface area contributed by atoms with Gasteiger partial charge < -0.3 is 4.74 Å². The average Bonchev–Trinajstić information content (AvgIpc) is 3.09. The summed E-state index contributed by atoms with van der Waals surface area (Å²) in [5.41, 5.74) is 0.596. The quantitative estimate of drug-likeness (QED) is 0.589. The van der Waals surface area contributed by atoms with E-state index in [4.69, 9.17) is 4.74 Å². The Hall–Kier alpha value is -2.34. The zero-order valence-corrected chi connectivity index (χ0v) is 11.9. The summed E-state index contributed by atoms with van der Waals surface area (Å²) in [6, 6.07) is 6.53. The van der Waals surface area contributed by atoms with Gasteiger partial charge in [-0.15, -0.1) is 0 Å². The van der Waals surface area contributed by atoms with E-state index in [9.17, 15) is 18.0 Å². The molecular weight excluding hydrogens is 313 g/mol.